The summed E-state index contributed by atoms with van der Waals surface area (Å²) in [6.07, 6.45) is 1.88. The van der Waals surface area contributed by atoms with Crippen LogP contribution in [0.1, 0.15) is 24.2 Å². The molecule has 1 aromatic heterocycles. The topological polar surface area (TPSA) is 51.2 Å². The normalized spacial score (nSPS) is 10.6. The second-order valence-corrected chi connectivity index (χ2v) is 6.57. The molecule has 0 atom stereocenters. The van der Waals surface area contributed by atoms with Gasteiger partial charge in [-0.15, -0.1) is 0 Å². The predicted molar refractivity (Wildman–Crippen MR) is 97.7 cm³/mol. The van der Waals surface area contributed by atoms with E-state index < -0.39 is 0 Å². The summed E-state index contributed by atoms with van der Waals surface area (Å²) in [4.78, 5) is 17.6. The van der Waals surface area contributed by atoms with E-state index in [4.69, 9.17) is 4.74 Å². The van der Waals surface area contributed by atoms with Crippen molar-refractivity contribution in [1.82, 2.24) is 4.98 Å². The van der Waals surface area contributed by atoms with Crippen LogP contribution >= 0.6 is 11.3 Å². The molecule has 0 aliphatic heterocycles. The van der Waals surface area contributed by atoms with Crippen LogP contribution in [0, 0.1) is 0 Å². The average molecular weight is 338 g/mol. The lowest BCUT2D eigenvalue weighted by Crippen LogP contribution is -2.11. The second-order valence-electron chi connectivity index (χ2n) is 5.54. The Labute approximate surface area is 145 Å². The third-order valence-corrected chi connectivity index (χ3v) is 4.23. The number of nitrogens with zero attached hydrogens (tertiary/aromatic N) is 1. The van der Waals surface area contributed by atoms with Crippen molar-refractivity contribution in [2.75, 3.05) is 5.32 Å². The molecule has 0 aliphatic rings. The van der Waals surface area contributed by atoms with Gasteiger partial charge in [0.1, 0.15) is 5.75 Å². The Hall–Kier alpha value is -2.66. The maximum atomic E-state index is 12.3. The number of benzene rings is 2. The van der Waals surface area contributed by atoms with Crippen LogP contribution in [0.5, 0.6) is 5.75 Å². The molecule has 1 heterocycles. The minimum Gasteiger partial charge on any atom is -0.491 e. The molecule has 1 amide bonds. The summed E-state index contributed by atoms with van der Waals surface area (Å²) >= 11 is 1.45. The van der Waals surface area contributed by atoms with E-state index in [0.29, 0.717) is 10.7 Å². The molecule has 0 unspecified atom stereocenters. The molecule has 0 radical (unpaired) electrons. The predicted octanol–water partition coefficient (Wildman–Crippen LogP) is 4.85. The lowest BCUT2D eigenvalue weighted by atomic mass is 10.2. The molecule has 2 aromatic carbocycles. The highest BCUT2D eigenvalue weighted by Gasteiger charge is 2.10. The number of carbonyl (C=O) groups excluding carboxylic acids is 1. The highest BCUT2D eigenvalue weighted by Crippen LogP contribution is 2.28. The maximum Gasteiger partial charge on any atom is 0.257 e. The van der Waals surface area contributed by atoms with Crippen molar-refractivity contribution in [2.45, 2.75) is 20.0 Å². The van der Waals surface area contributed by atoms with Gasteiger partial charge in [0.2, 0.25) is 0 Å². The van der Waals surface area contributed by atoms with Crippen LogP contribution in [-0.4, -0.2) is 17.0 Å². The Morgan fingerprint density at radius 2 is 1.79 bits per heavy atom. The smallest absolute Gasteiger partial charge is 0.257 e. The summed E-state index contributed by atoms with van der Waals surface area (Å²) in [6.45, 7) is 3.93. The van der Waals surface area contributed by atoms with E-state index in [1.807, 2.05) is 44.2 Å². The number of rotatable bonds is 5. The van der Waals surface area contributed by atoms with E-state index in [1.54, 1.807) is 30.5 Å². The van der Waals surface area contributed by atoms with E-state index in [9.17, 15) is 4.79 Å². The van der Waals surface area contributed by atoms with Crippen molar-refractivity contribution in [3.63, 3.8) is 0 Å². The van der Waals surface area contributed by atoms with Crippen LogP contribution in [-0.2, 0) is 0 Å². The molecular formula is C19H18N2O2S. The molecule has 3 rings (SSSR count). The quantitative estimate of drug-likeness (QED) is 0.723. The first-order valence-electron chi connectivity index (χ1n) is 7.71. The number of hydrogen-bond acceptors (Lipinski definition) is 4. The van der Waals surface area contributed by atoms with E-state index in [0.717, 1.165) is 16.2 Å². The van der Waals surface area contributed by atoms with E-state index in [1.165, 1.54) is 11.3 Å². The molecule has 4 nitrogen and oxygen atoms in total. The van der Waals surface area contributed by atoms with Crippen LogP contribution in [0.2, 0.25) is 0 Å². The van der Waals surface area contributed by atoms with Crippen molar-refractivity contribution in [3.05, 3.63) is 66.4 Å². The van der Waals surface area contributed by atoms with Crippen LogP contribution in [0.25, 0.3) is 10.4 Å². The van der Waals surface area contributed by atoms with Gasteiger partial charge < -0.3 is 4.74 Å². The third-order valence-electron chi connectivity index (χ3n) is 3.27. The summed E-state index contributed by atoms with van der Waals surface area (Å²) in [5.41, 5.74) is 1.66. The highest BCUT2D eigenvalue weighted by molar-refractivity contribution is 7.19. The lowest BCUT2D eigenvalue weighted by Gasteiger charge is -2.09. The Morgan fingerprint density at radius 1 is 1.08 bits per heavy atom. The zero-order valence-electron chi connectivity index (χ0n) is 13.5. The lowest BCUT2D eigenvalue weighted by molar-refractivity contribution is 0.102. The molecule has 0 aliphatic carbocycles. The second kappa shape index (κ2) is 7.27. The van der Waals surface area contributed by atoms with Gasteiger partial charge in [-0.3, -0.25) is 10.1 Å². The Kier molecular flexibility index (Phi) is 4.91. The standard InChI is InChI=1S/C19H18N2O2S/c1-13(2)23-16-10-8-15(9-11-16)18(22)21-19-20-12-17(24-19)14-6-4-3-5-7-14/h3-13H,1-2H3,(H,20,21,22). The zero-order chi connectivity index (χ0) is 16.9. The Morgan fingerprint density at radius 3 is 2.46 bits per heavy atom. The molecule has 0 bridgehead atoms. The molecule has 122 valence electrons. The van der Waals surface area contributed by atoms with Gasteiger partial charge in [-0.1, -0.05) is 41.7 Å². The summed E-state index contributed by atoms with van der Waals surface area (Å²) in [5.74, 6) is 0.572. The first kappa shape index (κ1) is 16.2. The van der Waals surface area contributed by atoms with Crippen LogP contribution in [0.3, 0.4) is 0 Å². The van der Waals surface area contributed by atoms with Crippen molar-refractivity contribution in [2.24, 2.45) is 0 Å². The van der Waals surface area contributed by atoms with Gasteiger partial charge in [0.05, 0.1) is 11.0 Å². The first-order chi connectivity index (χ1) is 11.6. The number of hydrogen-bond donors (Lipinski definition) is 1. The molecular weight excluding hydrogens is 320 g/mol. The van der Waals surface area contributed by atoms with Gasteiger partial charge in [-0.25, -0.2) is 4.98 Å². The fraction of sp³-hybridized carbons (Fsp3) is 0.158. The third kappa shape index (κ3) is 4.00. The van der Waals surface area contributed by atoms with Gasteiger partial charge >= 0.3 is 0 Å². The van der Waals surface area contributed by atoms with Gasteiger partial charge in [-0.2, -0.15) is 0 Å². The van der Waals surface area contributed by atoms with Crippen molar-refractivity contribution in [3.8, 4) is 16.2 Å². The summed E-state index contributed by atoms with van der Waals surface area (Å²) in [7, 11) is 0. The van der Waals surface area contributed by atoms with Crippen LogP contribution in [0.15, 0.2) is 60.8 Å². The van der Waals surface area contributed by atoms with Crippen molar-refractivity contribution < 1.29 is 9.53 Å². The summed E-state index contributed by atoms with van der Waals surface area (Å²) in [6, 6.07) is 17.1. The van der Waals surface area contributed by atoms with E-state index in [2.05, 4.69) is 10.3 Å². The Balaban J connectivity index is 1.68. The molecule has 5 heteroatoms. The van der Waals surface area contributed by atoms with Crippen LogP contribution in [0.4, 0.5) is 5.13 Å². The number of nitrogens with one attached hydrogen (secondary N) is 1. The van der Waals surface area contributed by atoms with Gasteiger partial charge in [0, 0.05) is 11.8 Å². The molecule has 0 spiro atoms. The zero-order valence-corrected chi connectivity index (χ0v) is 14.3. The number of carbonyl (C=O) groups is 1. The van der Waals surface area contributed by atoms with E-state index >= 15 is 0 Å². The number of thiazole rings is 1. The SMILES string of the molecule is CC(C)Oc1ccc(C(=O)Nc2ncc(-c3ccccc3)s2)cc1. The molecule has 0 saturated heterocycles. The highest BCUT2D eigenvalue weighted by atomic mass is 32.1. The maximum absolute atomic E-state index is 12.3. The molecule has 0 saturated carbocycles. The van der Waals surface area contributed by atoms with Gasteiger partial charge in [-0.05, 0) is 43.7 Å². The fourth-order valence-electron chi connectivity index (χ4n) is 2.19. The molecule has 1 N–H and O–H groups in total. The van der Waals surface area contributed by atoms with E-state index in [-0.39, 0.29) is 12.0 Å². The largest absolute Gasteiger partial charge is 0.491 e. The fourth-order valence-corrected chi connectivity index (χ4v) is 3.01. The first-order valence-corrected chi connectivity index (χ1v) is 8.53. The van der Waals surface area contributed by atoms with Gasteiger partial charge in [0.15, 0.2) is 5.13 Å². The molecule has 24 heavy (non-hydrogen) atoms. The summed E-state index contributed by atoms with van der Waals surface area (Å²) in [5, 5.41) is 3.42. The van der Waals surface area contributed by atoms with Crippen LogP contribution < -0.4 is 10.1 Å². The minimum absolute atomic E-state index is 0.108. The number of anilines is 1. The van der Waals surface area contributed by atoms with Crippen molar-refractivity contribution >= 4 is 22.4 Å². The monoisotopic (exact) mass is 338 g/mol. The summed E-state index contributed by atoms with van der Waals surface area (Å²) < 4.78 is 5.58. The molecule has 3 aromatic rings. The number of amides is 1. The van der Waals surface area contributed by atoms with Crippen molar-refractivity contribution in [1.29, 1.82) is 0 Å². The van der Waals surface area contributed by atoms with Gasteiger partial charge in [0.25, 0.3) is 5.91 Å². The number of ether oxygens (including phenoxy) is 1. The number of aromatic nitrogens is 1. The average Bonchev–Trinajstić information content (AvgIpc) is 3.04. The minimum atomic E-state index is -0.181. The molecule has 0 fully saturated rings. The Bertz CT molecular complexity index is 811.